The molecule has 16 heavy (non-hydrogen) atoms. The van der Waals surface area contributed by atoms with Gasteiger partial charge in [-0.25, -0.2) is 0 Å². The van der Waals surface area contributed by atoms with Gasteiger partial charge in [0.25, 0.3) is 5.91 Å². The Kier molecular flexibility index (Phi) is 2.93. The van der Waals surface area contributed by atoms with Gasteiger partial charge in [-0.1, -0.05) is 6.92 Å². The lowest BCUT2D eigenvalue weighted by atomic mass is 10.1. The minimum Gasteiger partial charge on any atom is -0.399 e. The molecule has 0 atom stereocenters. The largest absolute Gasteiger partial charge is 0.399 e. The van der Waals surface area contributed by atoms with Crippen molar-refractivity contribution in [3.05, 3.63) is 28.2 Å². The predicted molar refractivity (Wildman–Crippen MR) is 68.2 cm³/mol. The van der Waals surface area contributed by atoms with Gasteiger partial charge in [-0.3, -0.25) is 4.79 Å². The molecule has 1 amide bonds. The minimum absolute atomic E-state index is 0.0627. The highest BCUT2D eigenvalue weighted by Crippen LogP contribution is 2.44. The van der Waals surface area contributed by atoms with Crippen molar-refractivity contribution in [1.29, 1.82) is 0 Å². The molecule has 0 saturated heterocycles. The highest BCUT2D eigenvalue weighted by molar-refractivity contribution is 9.10. The summed E-state index contributed by atoms with van der Waals surface area (Å²) in [5.74, 6) is -0.0627. The molecule has 0 unspecified atom stereocenters. The summed E-state index contributed by atoms with van der Waals surface area (Å²) in [6, 6.07) is 5.25. The topological polar surface area (TPSA) is 55.1 Å². The van der Waals surface area contributed by atoms with Gasteiger partial charge in [-0.05, 0) is 52.4 Å². The van der Waals surface area contributed by atoms with E-state index in [2.05, 4.69) is 28.2 Å². The van der Waals surface area contributed by atoms with Crippen molar-refractivity contribution in [2.24, 2.45) is 5.41 Å². The number of carbonyl (C=O) groups excluding carboxylic acids is 1. The first-order valence-corrected chi connectivity index (χ1v) is 6.13. The van der Waals surface area contributed by atoms with Crippen LogP contribution >= 0.6 is 15.9 Å². The van der Waals surface area contributed by atoms with E-state index in [1.165, 1.54) is 12.8 Å². The molecule has 1 saturated carbocycles. The molecule has 0 spiro atoms. The molecule has 0 bridgehead atoms. The summed E-state index contributed by atoms with van der Waals surface area (Å²) >= 11 is 3.35. The van der Waals surface area contributed by atoms with Gasteiger partial charge in [0, 0.05) is 16.7 Å². The van der Waals surface area contributed by atoms with Crippen LogP contribution in [0.3, 0.4) is 0 Å². The number of nitrogens with one attached hydrogen (secondary N) is 1. The first-order valence-electron chi connectivity index (χ1n) is 5.33. The molecular weight excluding hydrogens is 268 g/mol. The highest BCUT2D eigenvalue weighted by Gasteiger charge is 2.37. The highest BCUT2D eigenvalue weighted by atomic mass is 79.9. The quantitative estimate of drug-likeness (QED) is 0.838. The van der Waals surface area contributed by atoms with Crippen molar-refractivity contribution in [3.8, 4) is 0 Å². The Morgan fingerprint density at radius 3 is 2.88 bits per heavy atom. The number of nitrogen functional groups attached to an aromatic ring is 1. The predicted octanol–water partition coefficient (Wildman–Crippen LogP) is 2.56. The van der Waals surface area contributed by atoms with Crippen LogP contribution in [0.25, 0.3) is 0 Å². The standard InChI is InChI=1S/C12H15BrN2O/c1-12(4-5-12)7-15-11(16)9-6-8(14)2-3-10(9)13/h2-3,6H,4-5,7,14H2,1H3,(H,15,16). The Balaban J connectivity index is 2.05. The summed E-state index contributed by atoms with van der Waals surface area (Å²) in [4.78, 5) is 11.9. The van der Waals surface area contributed by atoms with E-state index >= 15 is 0 Å². The summed E-state index contributed by atoms with van der Waals surface area (Å²) in [5, 5.41) is 2.94. The normalized spacial score (nSPS) is 16.9. The molecule has 0 aliphatic heterocycles. The zero-order valence-corrected chi connectivity index (χ0v) is 10.8. The second-order valence-electron chi connectivity index (χ2n) is 4.73. The van der Waals surface area contributed by atoms with Crippen molar-refractivity contribution >= 4 is 27.5 Å². The molecule has 1 fully saturated rings. The smallest absolute Gasteiger partial charge is 0.252 e. The molecule has 0 aromatic heterocycles. The number of rotatable bonds is 3. The molecule has 3 nitrogen and oxygen atoms in total. The van der Waals surface area contributed by atoms with Gasteiger partial charge in [0.2, 0.25) is 0 Å². The molecule has 2 rings (SSSR count). The number of halogens is 1. The van der Waals surface area contributed by atoms with Crippen molar-refractivity contribution in [2.45, 2.75) is 19.8 Å². The average Bonchev–Trinajstić information content (AvgIpc) is 2.97. The van der Waals surface area contributed by atoms with Gasteiger partial charge in [0.1, 0.15) is 0 Å². The SMILES string of the molecule is CC1(CNC(=O)c2cc(N)ccc2Br)CC1. The van der Waals surface area contributed by atoms with Gasteiger partial charge in [0.15, 0.2) is 0 Å². The Hall–Kier alpha value is -1.03. The Morgan fingerprint density at radius 1 is 1.56 bits per heavy atom. The van der Waals surface area contributed by atoms with E-state index < -0.39 is 0 Å². The molecule has 3 N–H and O–H groups in total. The average molecular weight is 283 g/mol. The number of benzene rings is 1. The van der Waals surface area contributed by atoms with Crippen LogP contribution in [0.4, 0.5) is 5.69 Å². The molecule has 0 heterocycles. The molecule has 86 valence electrons. The molecule has 1 aliphatic rings. The van der Waals surface area contributed by atoms with E-state index in [4.69, 9.17) is 5.73 Å². The molecular formula is C12H15BrN2O. The maximum absolute atomic E-state index is 11.9. The Labute approximate surface area is 104 Å². The van der Waals surface area contributed by atoms with E-state index in [0.29, 0.717) is 16.7 Å². The van der Waals surface area contributed by atoms with E-state index in [9.17, 15) is 4.79 Å². The number of hydrogen-bond acceptors (Lipinski definition) is 2. The summed E-state index contributed by atoms with van der Waals surface area (Å²) in [7, 11) is 0. The van der Waals surface area contributed by atoms with Crippen LogP contribution in [0.1, 0.15) is 30.1 Å². The number of nitrogens with two attached hydrogens (primary N) is 1. The third kappa shape index (κ3) is 2.55. The molecule has 1 aromatic carbocycles. The first kappa shape index (κ1) is 11.5. The molecule has 0 radical (unpaired) electrons. The Morgan fingerprint density at radius 2 is 2.25 bits per heavy atom. The van der Waals surface area contributed by atoms with Crippen LogP contribution in [0.5, 0.6) is 0 Å². The van der Waals surface area contributed by atoms with Gasteiger partial charge >= 0.3 is 0 Å². The third-order valence-corrected chi connectivity index (χ3v) is 3.71. The van der Waals surface area contributed by atoms with Crippen molar-refractivity contribution < 1.29 is 4.79 Å². The van der Waals surface area contributed by atoms with E-state index in [-0.39, 0.29) is 5.91 Å². The van der Waals surface area contributed by atoms with Crippen LogP contribution in [0, 0.1) is 5.41 Å². The minimum atomic E-state index is -0.0627. The van der Waals surface area contributed by atoms with Crippen LogP contribution in [-0.4, -0.2) is 12.5 Å². The lowest BCUT2D eigenvalue weighted by Crippen LogP contribution is -2.29. The number of hydrogen-bond donors (Lipinski definition) is 2. The molecule has 1 aromatic rings. The zero-order chi connectivity index (χ0) is 11.8. The summed E-state index contributed by atoms with van der Waals surface area (Å²) in [6.45, 7) is 2.93. The monoisotopic (exact) mass is 282 g/mol. The van der Waals surface area contributed by atoms with Crippen LogP contribution in [0.15, 0.2) is 22.7 Å². The fourth-order valence-electron chi connectivity index (χ4n) is 1.50. The second-order valence-corrected chi connectivity index (χ2v) is 5.59. The van der Waals surface area contributed by atoms with Gasteiger partial charge in [-0.2, -0.15) is 0 Å². The number of amides is 1. The fraction of sp³-hybridized carbons (Fsp3) is 0.417. The zero-order valence-electron chi connectivity index (χ0n) is 9.22. The van der Waals surface area contributed by atoms with Crippen molar-refractivity contribution in [1.82, 2.24) is 5.32 Å². The maximum Gasteiger partial charge on any atom is 0.252 e. The van der Waals surface area contributed by atoms with E-state index in [1.807, 2.05) is 0 Å². The van der Waals surface area contributed by atoms with Crippen molar-refractivity contribution in [2.75, 3.05) is 12.3 Å². The van der Waals surface area contributed by atoms with Gasteiger partial charge < -0.3 is 11.1 Å². The van der Waals surface area contributed by atoms with Crippen molar-refractivity contribution in [3.63, 3.8) is 0 Å². The maximum atomic E-state index is 11.9. The lowest BCUT2D eigenvalue weighted by molar-refractivity contribution is 0.0945. The van der Waals surface area contributed by atoms with Crippen LogP contribution in [0.2, 0.25) is 0 Å². The summed E-state index contributed by atoms with van der Waals surface area (Å²) in [6.07, 6.45) is 2.40. The van der Waals surface area contributed by atoms with E-state index in [0.717, 1.165) is 11.0 Å². The second kappa shape index (κ2) is 4.09. The number of carbonyl (C=O) groups is 1. The van der Waals surface area contributed by atoms with Crippen LogP contribution in [-0.2, 0) is 0 Å². The lowest BCUT2D eigenvalue weighted by Gasteiger charge is -2.11. The summed E-state index contributed by atoms with van der Waals surface area (Å²) < 4.78 is 0.778. The van der Waals surface area contributed by atoms with Gasteiger partial charge in [0.05, 0.1) is 5.56 Å². The third-order valence-electron chi connectivity index (χ3n) is 3.01. The fourth-order valence-corrected chi connectivity index (χ4v) is 1.92. The number of anilines is 1. The summed E-state index contributed by atoms with van der Waals surface area (Å²) in [5.41, 5.74) is 7.18. The molecule has 1 aliphatic carbocycles. The van der Waals surface area contributed by atoms with Gasteiger partial charge in [-0.15, -0.1) is 0 Å². The Bertz CT molecular complexity index is 427. The van der Waals surface area contributed by atoms with Crippen LogP contribution < -0.4 is 11.1 Å². The molecule has 4 heteroatoms. The van der Waals surface area contributed by atoms with E-state index in [1.54, 1.807) is 18.2 Å². The first-order chi connectivity index (χ1) is 7.50.